The van der Waals surface area contributed by atoms with Crippen LogP contribution < -0.4 is 0 Å². The van der Waals surface area contributed by atoms with Gasteiger partial charge in [-0.1, -0.05) is 0 Å². The second-order valence-corrected chi connectivity index (χ2v) is 1.85. The molecule has 1 aromatic heterocycles. The van der Waals surface area contributed by atoms with E-state index in [1.54, 1.807) is 0 Å². The van der Waals surface area contributed by atoms with Crippen molar-refractivity contribution in [3.05, 3.63) is 29.6 Å². The minimum atomic E-state index is -1.05. The first-order chi connectivity index (χ1) is 5.25. The zero-order chi connectivity index (χ0) is 8.27. The van der Waals surface area contributed by atoms with E-state index in [0.717, 1.165) is 0 Å². The number of carbonyl (C=O) groups is 1. The first-order valence-electron chi connectivity index (χ1n) is 2.90. The van der Waals surface area contributed by atoms with Gasteiger partial charge in [0.2, 0.25) is 0 Å². The zero-order valence-corrected chi connectivity index (χ0v) is 5.61. The second-order valence-electron chi connectivity index (χ2n) is 1.85. The van der Waals surface area contributed by atoms with Crippen LogP contribution in [0.5, 0.6) is 0 Å². The van der Waals surface area contributed by atoms with E-state index < -0.39 is 5.97 Å². The number of nitrogens with zero attached hydrogens (tertiary/aromatic N) is 1. The number of hydrogen-bond donors (Lipinski definition) is 1. The van der Waals surface area contributed by atoms with Crippen LogP contribution in [0, 0.1) is 12.3 Å². The number of carboxylic acid groups (broad SMARTS) is 1. The molecule has 0 aliphatic carbocycles. The second kappa shape index (κ2) is 2.84. The zero-order valence-electron chi connectivity index (χ0n) is 5.61. The van der Waals surface area contributed by atoms with E-state index >= 15 is 0 Å². The van der Waals surface area contributed by atoms with Crippen molar-refractivity contribution in [2.75, 3.05) is 0 Å². The van der Waals surface area contributed by atoms with E-state index in [1.807, 2.05) is 0 Å². The Bertz CT molecular complexity index is 325. The average Bonchev–Trinajstić information content (AvgIpc) is 2.04. The fraction of sp³-hybridized carbons (Fsp3) is 0. The number of rotatable bonds is 1. The predicted molar refractivity (Wildman–Crippen MR) is 39.1 cm³/mol. The van der Waals surface area contributed by atoms with Crippen LogP contribution in [0.25, 0.3) is 0 Å². The van der Waals surface area contributed by atoms with Gasteiger partial charge in [-0.25, -0.2) is 9.78 Å². The summed E-state index contributed by atoms with van der Waals surface area (Å²) >= 11 is 0. The summed E-state index contributed by atoms with van der Waals surface area (Å²) in [6.07, 6.45) is 6.47. The summed E-state index contributed by atoms with van der Waals surface area (Å²) in [6.45, 7) is 0. The lowest BCUT2D eigenvalue weighted by molar-refractivity contribution is 0.0696. The van der Waals surface area contributed by atoms with Crippen molar-refractivity contribution in [3.63, 3.8) is 0 Å². The van der Waals surface area contributed by atoms with E-state index in [2.05, 4.69) is 10.9 Å². The number of hydrogen-bond acceptors (Lipinski definition) is 2. The minimum Gasteiger partial charge on any atom is -0.478 e. The molecule has 0 radical (unpaired) electrons. The van der Waals surface area contributed by atoms with Gasteiger partial charge in [0.05, 0.1) is 5.56 Å². The molecule has 3 heteroatoms. The van der Waals surface area contributed by atoms with Gasteiger partial charge in [0.15, 0.2) is 0 Å². The molecule has 0 atom stereocenters. The highest BCUT2D eigenvalue weighted by Crippen LogP contribution is 2.02. The molecule has 0 saturated heterocycles. The molecule has 1 heterocycles. The van der Waals surface area contributed by atoms with Crippen molar-refractivity contribution < 1.29 is 9.90 Å². The molecule has 11 heavy (non-hydrogen) atoms. The van der Waals surface area contributed by atoms with E-state index in [9.17, 15) is 4.79 Å². The van der Waals surface area contributed by atoms with Gasteiger partial charge in [0.25, 0.3) is 0 Å². The Morgan fingerprint density at radius 2 is 2.45 bits per heavy atom. The van der Waals surface area contributed by atoms with Gasteiger partial charge in [-0.2, -0.15) is 0 Å². The molecule has 0 unspecified atom stereocenters. The highest BCUT2D eigenvalue weighted by Gasteiger charge is 2.06. The first kappa shape index (κ1) is 7.29. The molecule has 1 N–H and O–H groups in total. The standard InChI is InChI=1S/C8H5NO2/c1-2-7-6(8(10)11)4-3-5-9-7/h1,3-5H,(H,10,11). The monoisotopic (exact) mass is 147 g/mol. The van der Waals surface area contributed by atoms with Crippen molar-refractivity contribution in [2.45, 2.75) is 0 Å². The molecule has 54 valence electrons. The Morgan fingerprint density at radius 3 is 2.91 bits per heavy atom. The quantitative estimate of drug-likeness (QED) is 0.596. The number of pyridine rings is 1. The van der Waals surface area contributed by atoms with Gasteiger partial charge in [-0.05, 0) is 18.1 Å². The van der Waals surface area contributed by atoms with Crippen LogP contribution in [0.3, 0.4) is 0 Å². The van der Waals surface area contributed by atoms with Crippen LogP contribution >= 0.6 is 0 Å². The van der Waals surface area contributed by atoms with Crippen LogP contribution in [0.15, 0.2) is 18.3 Å². The lowest BCUT2D eigenvalue weighted by Gasteiger charge is -1.94. The van der Waals surface area contributed by atoms with E-state index in [4.69, 9.17) is 11.5 Å². The van der Waals surface area contributed by atoms with Gasteiger partial charge in [0, 0.05) is 6.20 Å². The van der Waals surface area contributed by atoms with E-state index in [0.29, 0.717) is 0 Å². The predicted octanol–water partition coefficient (Wildman–Crippen LogP) is 0.761. The number of aromatic carboxylic acids is 1. The molecule has 1 aromatic rings. The highest BCUT2D eigenvalue weighted by atomic mass is 16.4. The molecule has 0 saturated carbocycles. The van der Waals surface area contributed by atoms with Crippen molar-refractivity contribution in [1.82, 2.24) is 4.98 Å². The minimum absolute atomic E-state index is 0.0648. The molecule has 1 rings (SSSR count). The maximum Gasteiger partial charge on any atom is 0.338 e. The molecule has 0 amide bonds. The van der Waals surface area contributed by atoms with Gasteiger partial charge in [-0.15, -0.1) is 6.42 Å². The first-order valence-corrected chi connectivity index (χ1v) is 2.90. The lowest BCUT2D eigenvalue weighted by atomic mass is 10.2. The SMILES string of the molecule is C#Cc1ncccc1C(=O)O. The molecule has 0 bridgehead atoms. The van der Waals surface area contributed by atoms with Crippen LogP contribution in [-0.4, -0.2) is 16.1 Å². The van der Waals surface area contributed by atoms with E-state index in [-0.39, 0.29) is 11.3 Å². The third kappa shape index (κ3) is 1.36. The summed E-state index contributed by atoms with van der Waals surface area (Å²) in [6, 6.07) is 2.95. The normalized spacial score (nSPS) is 8.64. The number of aromatic nitrogens is 1. The summed E-state index contributed by atoms with van der Waals surface area (Å²) in [4.78, 5) is 14.1. The topological polar surface area (TPSA) is 50.2 Å². The Morgan fingerprint density at radius 1 is 1.73 bits per heavy atom. The lowest BCUT2D eigenvalue weighted by Crippen LogP contribution is -2.00. The smallest absolute Gasteiger partial charge is 0.338 e. The van der Waals surface area contributed by atoms with E-state index in [1.165, 1.54) is 18.3 Å². The van der Waals surface area contributed by atoms with Crippen molar-refractivity contribution >= 4 is 5.97 Å². The molecule has 0 aliphatic heterocycles. The summed E-state index contributed by atoms with van der Waals surface area (Å²) < 4.78 is 0. The third-order valence-corrected chi connectivity index (χ3v) is 1.17. The highest BCUT2D eigenvalue weighted by molar-refractivity contribution is 5.89. The largest absolute Gasteiger partial charge is 0.478 e. The molecular formula is C8H5NO2. The molecule has 0 aromatic carbocycles. The fourth-order valence-corrected chi connectivity index (χ4v) is 0.693. The Kier molecular flexibility index (Phi) is 1.88. The summed E-state index contributed by atoms with van der Waals surface area (Å²) in [5.74, 6) is 1.14. The van der Waals surface area contributed by atoms with Crippen LogP contribution in [0.4, 0.5) is 0 Å². The molecule has 0 aliphatic rings. The maximum absolute atomic E-state index is 10.4. The van der Waals surface area contributed by atoms with Gasteiger partial charge < -0.3 is 5.11 Å². The van der Waals surface area contributed by atoms with Crippen LogP contribution in [0.2, 0.25) is 0 Å². The van der Waals surface area contributed by atoms with Crippen molar-refractivity contribution in [3.8, 4) is 12.3 Å². The van der Waals surface area contributed by atoms with Crippen molar-refractivity contribution in [1.29, 1.82) is 0 Å². The maximum atomic E-state index is 10.4. The molecular weight excluding hydrogens is 142 g/mol. The van der Waals surface area contributed by atoms with Gasteiger partial charge >= 0.3 is 5.97 Å². The Balaban J connectivity index is 3.26. The van der Waals surface area contributed by atoms with Crippen LogP contribution in [-0.2, 0) is 0 Å². The fourth-order valence-electron chi connectivity index (χ4n) is 0.693. The third-order valence-electron chi connectivity index (χ3n) is 1.17. The molecule has 0 spiro atoms. The number of carboxylic acids is 1. The Labute approximate surface area is 63.7 Å². The molecule has 0 fully saturated rings. The van der Waals surface area contributed by atoms with Crippen LogP contribution in [0.1, 0.15) is 16.1 Å². The summed E-state index contributed by atoms with van der Waals surface area (Å²) in [5.41, 5.74) is 0.231. The number of terminal acetylenes is 1. The summed E-state index contributed by atoms with van der Waals surface area (Å²) in [5, 5.41) is 8.56. The molecule has 3 nitrogen and oxygen atoms in total. The van der Waals surface area contributed by atoms with Gasteiger partial charge in [0.1, 0.15) is 5.69 Å². The Hall–Kier alpha value is -1.82. The van der Waals surface area contributed by atoms with Crippen molar-refractivity contribution in [2.24, 2.45) is 0 Å². The average molecular weight is 147 g/mol. The van der Waals surface area contributed by atoms with Gasteiger partial charge in [-0.3, -0.25) is 0 Å². The summed E-state index contributed by atoms with van der Waals surface area (Å²) in [7, 11) is 0.